The molecule has 1 fully saturated rings. The standard InChI is InChI=1S/C17H20FN3O3/c1-11-9-15(20-24-11)19-16(22)13-3-2-8-21(10-13)17(23)12-4-6-14(18)7-5-12/h4-7,11,13H,2-3,8-10H2,1H3,(H,19,20,22)/t11-,13+/m1/s1. The van der Waals surface area contributed by atoms with Gasteiger partial charge < -0.3 is 15.1 Å². The van der Waals surface area contributed by atoms with Gasteiger partial charge in [-0.05, 0) is 44.0 Å². The molecule has 1 aromatic rings. The summed E-state index contributed by atoms with van der Waals surface area (Å²) in [4.78, 5) is 31.6. The summed E-state index contributed by atoms with van der Waals surface area (Å²) in [5.41, 5.74) is 0.430. The van der Waals surface area contributed by atoms with Crippen LogP contribution in [0.5, 0.6) is 0 Å². The molecule has 1 N–H and O–H groups in total. The first-order chi connectivity index (χ1) is 11.5. The molecule has 0 radical (unpaired) electrons. The summed E-state index contributed by atoms with van der Waals surface area (Å²) in [6.07, 6.45) is 2.03. The average molecular weight is 333 g/mol. The number of piperidine rings is 1. The molecule has 3 rings (SSSR count). The minimum Gasteiger partial charge on any atom is -0.391 e. The number of oxime groups is 1. The van der Waals surface area contributed by atoms with E-state index < -0.39 is 0 Å². The average Bonchev–Trinajstić information content (AvgIpc) is 3.00. The van der Waals surface area contributed by atoms with Gasteiger partial charge in [-0.2, -0.15) is 0 Å². The highest BCUT2D eigenvalue weighted by Crippen LogP contribution is 2.19. The van der Waals surface area contributed by atoms with Gasteiger partial charge in [-0.15, -0.1) is 0 Å². The van der Waals surface area contributed by atoms with E-state index in [0.717, 1.165) is 12.8 Å². The van der Waals surface area contributed by atoms with Gasteiger partial charge in [0.15, 0.2) is 5.84 Å². The maximum Gasteiger partial charge on any atom is 0.253 e. The summed E-state index contributed by atoms with van der Waals surface area (Å²) in [6, 6.07) is 5.46. The first kappa shape index (κ1) is 16.4. The third kappa shape index (κ3) is 3.72. The molecule has 0 aromatic heterocycles. The molecule has 6 nitrogen and oxygen atoms in total. The van der Waals surface area contributed by atoms with E-state index >= 15 is 0 Å². The first-order valence-corrected chi connectivity index (χ1v) is 8.11. The van der Waals surface area contributed by atoms with Gasteiger partial charge in [-0.1, -0.05) is 5.16 Å². The van der Waals surface area contributed by atoms with Gasteiger partial charge in [0.2, 0.25) is 5.91 Å². The SMILES string of the molecule is C[C@@H]1CC(NC(=O)[C@H]2CCCN(C(=O)c3ccc(F)cc3)C2)=NO1. The lowest BCUT2D eigenvalue weighted by Gasteiger charge is -2.32. The molecule has 24 heavy (non-hydrogen) atoms. The minimum atomic E-state index is -0.378. The smallest absolute Gasteiger partial charge is 0.253 e. The molecule has 7 heteroatoms. The highest BCUT2D eigenvalue weighted by molar-refractivity contribution is 6.00. The van der Waals surface area contributed by atoms with Crippen LogP contribution in [0, 0.1) is 11.7 Å². The summed E-state index contributed by atoms with van der Waals surface area (Å²) in [7, 11) is 0. The molecule has 2 aliphatic rings. The number of rotatable bonds is 2. The summed E-state index contributed by atoms with van der Waals surface area (Å²) in [5.74, 6) is -0.432. The van der Waals surface area contributed by atoms with Crippen LogP contribution >= 0.6 is 0 Å². The van der Waals surface area contributed by atoms with E-state index in [1.807, 2.05) is 6.92 Å². The summed E-state index contributed by atoms with van der Waals surface area (Å²) in [6.45, 7) is 2.83. The molecule has 2 amide bonds. The molecule has 128 valence electrons. The fourth-order valence-electron chi connectivity index (χ4n) is 2.97. The Morgan fingerprint density at radius 3 is 2.75 bits per heavy atom. The second-order valence-corrected chi connectivity index (χ2v) is 6.24. The molecular formula is C17H20FN3O3. The van der Waals surface area contributed by atoms with Gasteiger partial charge in [0, 0.05) is 25.1 Å². The molecule has 0 saturated carbocycles. The Balaban J connectivity index is 1.60. The van der Waals surface area contributed by atoms with Crippen LogP contribution in [0.3, 0.4) is 0 Å². The van der Waals surface area contributed by atoms with Gasteiger partial charge in [0.1, 0.15) is 11.9 Å². The quantitative estimate of drug-likeness (QED) is 0.899. The number of carbonyl (C=O) groups excluding carboxylic acids is 2. The maximum absolute atomic E-state index is 13.0. The van der Waals surface area contributed by atoms with Gasteiger partial charge in [-0.25, -0.2) is 4.39 Å². The normalized spacial score (nSPS) is 23.4. The predicted molar refractivity (Wildman–Crippen MR) is 85.8 cm³/mol. The molecule has 1 aromatic carbocycles. The van der Waals surface area contributed by atoms with Crippen LogP contribution in [0.2, 0.25) is 0 Å². The monoisotopic (exact) mass is 333 g/mol. The van der Waals surface area contributed by atoms with Crippen molar-refractivity contribution in [3.8, 4) is 0 Å². The Morgan fingerprint density at radius 1 is 1.33 bits per heavy atom. The van der Waals surface area contributed by atoms with Gasteiger partial charge in [0.05, 0.1) is 5.92 Å². The topological polar surface area (TPSA) is 71.0 Å². The second-order valence-electron chi connectivity index (χ2n) is 6.24. The Hall–Kier alpha value is -2.44. The Labute approximate surface area is 139 Å². The van der Waals surface area contributed by atoms with E-state index in [0.29, 0.717) is 30.9 Å². The highest BCUT2D eigenvalue weighted by Gasteiger charge is 2.30. The zero-order valence-corrected chi connectivity index (χ0v) is 13.5. The van der Waals surface area contributed by atoms with Crippen molar-refractivity contribution < 1.29 is 18.8 Å². The molecule has 0 aliphatic carbocycles. The number of hydrogen-bond acceptors (Lipinski definition) is 4. The van der Waals surface area contributed by atoms with E-state index in [-0.39, 0.29) is 29.7 Å². The van der Waals surface area contributed by atoms with Crippen LogP contribution in [0.25, 0.3) is 0 Å². The molecule has 0 unspecified atom stereocenters. The third-order valence-corrected chi connectivity index (χ3v) is 4.26. The van der Waals surface area contributed by atoms with Crippen LogP contribution in [-0.4, -0.2) is 41.7 Å². The predicted octanol–water partition coefficient (Wildman–Crippen LogP) is 1.92. The van der Waals surface area contributed by atoms with Crippen LogP contribution in [0.15, 0.2) is 29.4 Å². The van der Waals surface area contributed by atoms with Crippen molar-refractivity contribution in [2.24, 2.45) is 11.1 Å². The molecular weight excluding hydrogens is 313 g/mol. The van der Waals surface area contributed by atoms with Crippen molar-refractivity contribution in [1.29, 1.82) is 0 Å². The van der Waals surface area contributed by atoms with Crippen molar-refractivity contribution in [3.05, 3.63) is 35.6 Å². The van der Waals surface area contributed by atoms with E-state index in [1.54, 1.807) is 4.90 Å². The van der Waals surface area contributed by atoms with E-state index in [4.69, 9.17) is 4.84 Å². The maximum atomic E-state index is 13.0. The minimum absolute atomic E-state index is 0.0248. The zero-order valence-electron chi connectivity index (χ0n) is 13.5. The summed E-state index contributed by atoms with van der Waals surface area (Å²) in [5, 5.41) is 6.61. The van der Waals surface area contributed by atoms with Crippen LogP contribution in [-0.2, 0) is 9.63 Å². The molecule has 2 heterocycles. The lowest BCUT2D eigenvalue weighted by atomic mass is 9.96. The number of benzene rings is 1. The highest BCUT2D eigenvalue weighted by atomic mass is 19.1. The fourth-order valence-corrected chi connectivity index (χ4v) is 2.97. The second kappa shape index (κ2) is 6.98. The van der Waals surface area contributed by atoms with Crippen molar-refractivity contribution >= 4 is 17.6 Å². The zero-order chi connectivity index (χ0) is 17.1. The third-order valence-electron chi connectivity index (χ3n) is 4.26. The number of amides is 2. The van der Waals surface area contributed by atoms with Crippen molar-refractivity contribution in [2.75, 3.05) is 13.1 Å². The number of nitrogens with zero attached hydrogens (tertiary/aromatic N) is 2. The Bertz CT molecular complexity index is 660. The van der Waals surface area contributed by atoms with Crippen LogP contribution in [0.4, 0.5) is 4.39 Å². The Morgan fingerprint density at radius 2 is 2.08 bits per heavy atom. The molecule has 2 aliphatic heterocycles. The number of carbonyl (C=O) groups is 2. The van der Waals surface area contributed by atoms with Gasteiger partial charge >= 0.3 is 0 Å². The van der Waals surface area contributed by atoms with Crippen molar-refractivity contribution in [3.63, 3.8) is 0 Å². The van der Waals surface area contributed by atoms with Crippen LogP contribution < -0.4 is 5.32 Å². The molecule has 1 saturated heterocycles. The molecule has 0 bridgehead atoms. The summed E-state index contributed by atoms with van der Waals surface area (Å²) >= 11 is 0. The number of amidine groups is 1. The largest absolute Gasteiger partial charge is 0.391 e. The van der Waals surface area contributed by atoms with Crippen molar-refractivity contribution in [1.82, 2.24) is 10.2 Å². The van der Waals surface area contributed by atoms with Crippen LogP contribution in [0.1, 0.15) is 36.5 Å². The number of nitrogens with one attached hydrogen (secondary N) is 1. The Kier molecular flexibility index (Phi) is 4.78. The van der Waals surface area contributed by atoms with Crippen molar-refractivity contribution in [2.45, 2.75) is 32.3 Å². The van der Waals surface area contributed by atoms with E-state index in [1.165, 1.54) is 24.3 Å². The fraction of sp³-hybridized carbons (Fsp3) is 0.471. The van der Waals surface area contributed by atoms with Gasteiger partial charge in [0.25, 0.3) is 5.91 Å². The summed E-state index contributed by atoms with van der Waals surface area (Å²) < 4.78 is 13.0. The lowest BCUT2D eigenvalue weighted by Crippen LogP contribution is -2.46. The number of halogens is 1. The number of hydrogen-bond donors (Lipinski definition) is 1. The van der Waals surface area contributed by atoms with Gasteiger partial charge in [-0.3, -0.25) is 9.59 Å². The first-order valence-electron chi connectivity index (χ1n) is 8.11. The van der Waals surface area contributed by atoms with E-state index in [2.05, 4.69) is 10.5 Å². The number of likely N-dealkylation sites (tertiary alicyclic amines) is 1. The molecule has 0 spiro atoms. The molecule has 2 atom stereocenters. The van der Waals surface area contributed by atoms with E-state index in [9.17, 15) is 14.0 Å². The lowest BCUT2D eigenvalue weighted by molar-refractivity contribution is -0.124.